The zero-order valence-corrected chi connectivity index (χ0v) is 12.9. The Hall–Kier alpha value is -1.86. The van der Waals surface area contributed by atoms with Crippen LogP contribution in [0.4, 0.5) is 5.69 Å². The maximum absolute atomic E-state index is 12.2. The van der Waals surface area contributed by atoms with Crippen LogP contribution >= 0.6 is 11.8 Å². The molecule has 0 aliphatic carbocycles. The Labute approximate surface area is 127 Å². The van der Waals surface area contributed by atoms with E-state index in [0.29, 0.717) is 12.8 Å². The lowest BCUT2D eigenvalue weighted by molar-refractivity contribution is -0.121. The number of hydrogen-bond donors (Lipinski definition) is 3. The summed E-state index contributed by atoms with van der Waals surface area (Å²) in [6.45, 7) is 3.83. The molecule has 6 nitrogen and oxygen atoms in total. The zero-order valence-electron chi connectivity index (χ0n) is 12.1. The molecular formula is C14H19N5OS. The van der Waals surface area contributed by atoms with Crippen LogP contribution in [0.2, 0.25) is 0 Å². The van der Waals surface area contributed by atoms with Crippen LogP contribution in [-0.4, -0.2) is 26.6 Å². The van der Waals surface area contributed by atoms with E-state index in [1.165, 1.54) is 18.1 Å². The van der Waals surface area contributed by atoms with Crippen molar-refractivity contribution in [3.63, 3.8) is 0 Å². The van der Waals surface area contributed by atoms with Crippen molar-refractivity contribution in [3.05, 3.63) is 30.6 Å². The molecule has 0 radical (unpaired) electrons. The second-order valence-electron chi connectivity index (χ2n) is 4.73. The molecule has 0 spiro atoms. The van der Waals surface area contributed by atoms with Gasteiger partial charge in [0.25, 0.3) is 0 Å². The van der Waals surface area contributed by atoms with Crippen LogP contribution in [0, 0.1) is 0 Å². The van der Waals surface area contributed by atoms with Crippen LogP contribution in [0.1, 0.15) is 26.7 Å². The number of nitrogens with two attached hydrogens (primary N) is 1. The van der Waals surface area contributed by atoms with E-state index in [1.54, 1.807) is 0 Å². The summed E-state index contributed by atoms with van der Waals surface area (Å²) in [4.78, 5) is 17.2. The molecule has 0 saturated heterocycles. The van der Waals surface area contributed by atoms with E-state index in [-0.39, 0.29) is 5.91 Å². The third-order valence-electron chi connectivity index (χ3n) is 3.43. The normalized spacial score (nSPS) is 11.4. The van der Waals surface area contributed by atoms with E-state index in [0.717, 1.165) is 15.7 Å². The zero-order chi connectivity index (χ0) is 15.3. The number of anilines is 1. The second kappa shape index (κ2) is 6.73. The summed E-state index contributed by atoms with van der Waals surface area (Å²) in [5.74, 6) is -0.150. The summed E-state index contributed by atoms with van der Waals surface area (Å²) in [5.41, 5.74) is 6.00. The highest BCUT2D eigenvalue weighted by Gasteiger charge is 2.29. The van der Waals surface area contributed by atoms with E-state index < -0.39 is 5.54 Å². The molecular weight excluding hydrogens is 286 g/mol. The first kappa shape index (κ1) is 15.5. The topological polar surface area (TPSA) is 96.7 Å². The van der Waals surface area contributed by atoms with Gasteiger partial charge in [-0.3, -0.25) is 9.89 Å². The first-order valence-electron chi connectivity index (χ1n) is 6.81. The molecule has 2 rings (SSSR count). The Morgan fingerprint density at radius 3 is 2.52 bits per heavy atom. The molecule has 0 fully saturated rings. The monoisotopic (exact) mass is 305 g/mol. The third kappa shape index (κ3) is 3.83. The first-order valence-corrected chi connectivity index (χ1v) is 7.62. The van der Waals surface area contributed by atoms with Crippen LogP contribution in [0.15, 0.2) is 40.6 Å². The van der Waals surface area contributed by atoms with Crippen molar-refractivity contribution in [2.24, 2.45) is 5.73 Å². The van der Waals surface area contributed by atoms with Crippen LogP contribution in [0.25, 0.3) is 0 Å². The number of H-pyrrole nitrogens is 1. The molecule has 2 aromatic rings. The van der Waals surface area contributed by atoms with E-state index in [4.69, 9.17) is 5.73 Å². The highest BCUT2D eigenvalue weighted by Crippen LogP contribution is 2.25. The van der Waals surface area contributed by atoms with Gasteiger partial charge in [0.2, 0.25) is 5.91 Å². The Kier molecular flexibility index (Phi) is 4.98. The first-order chi connectivity index (χ1) is 10.1. The van der Waals surface area contributed by atoms with Crippen molar-refractivity contribution in [2.45, 2.75) is 42.3 Å². The van der Waals surface area contributed by atoms with Gasteiger partial charge < -0.3 is 11.1 Å². The van der Waals surface area contributed by atoms with Crippen LogP contribution in [0.5, 0.6) is 0 Å². The molecule has 0 unspecified atom stereocenters. The minimum Gasteiger partial charge on any atom is -0.324 e. The van der Waals surface area contributed by atoms with Gasteiger partial charge in [-0.05, 0) is 37.1 Å². The highest BCUT2D eigenvalue weighted by atomic mass is 32.2. The van der Waals surface area contributed by atoms with Crippen molar-refractivity contribution in [1.82, 2.24) is 15.2 Å². The lowest BCUT2D eigenvalue weighted by Crippen LogP contribution is -2.50. The molecule has 0 saturated carbocycles. The summed E-state index contributed by atoms with van der Waals surface area (Å²) in [7, 11) is 0. The Balaban J connectivity index is 2.01. The van der Waals surface area contributed by atoms with Gasteiger partial charge in [0.05, 0.1) is 5.54 Å². The van der Waals surface area contributed by atoms with Gasteiger partial charge in [0, 0.05) is 10.6 Å². The molecule has 7 heteroatoms. The molecule has 1 amide bonds. The van der Waals surface area contributed by atoms with E-state index in [2.05, 4.69) is 20.5 Å². The smallest absolute Gasteiger partial charge is 0.244 e. The van der Waals surface area contributed by atoms with Crippen LogP contribution < -0.4 is 11.1 Å². The Bertz CT molecular complexity index is 578. The number of nitrogens with zero attached hydrogens (tertiary/aromatic N) is 2. The average molecular weight is 305 g/mol. The average Bonchev–Trinajstić information content (AvgIpc) is 3.01. The standard InChI is InChI=1S/C14H19N5OS/c1-3-14(15,4-2)12(20)18-10-5-7-11(8-6-10)21-13-16-9-17-19-13/h5-9H,3-4,15H2,1-2H3,(H,18,20)(H,16,17,19). The van der Waals surface area contributed by atoms with Gasteiger partial charge in [-0.25, -0.2) is 4.98 Å². The minimum absolute atomic E-state index is 0.150. The van der Waals surface area contributed by atoms with E-state index >= 15 is 0 Å². The molecule has 1 heterocycles. The van der Waals surface area contributed by atoms with Gasteiger partial charge in [-0.1, -0.05) is 25.6 Å². The van der Waals surface area contributed by atoms with E-state index in [9.17, 15) is 4.79 Å². The molecule has 0 aliphatic heterocycles. The summed E-state index contributed by atoms with van der Waals surface area (Å²) in [5, 5.41) is 10.2. The van der Waals surface area contributed by atoms with Crippen LogP contribution in [-0.2, 0) is 4.79 Å². The predicted molar refractivity (Wildman–Crippen MR) is 83.1 cm³/mol. The fraction of sp³-hybridized carbons (Fsp3) is 0.357. The lowest BCUT2D eigenvalue weighted by atomic mass is 9.93. The van der Waals surface area contributed by atoms with E-state index in [1.807, 2.05) is 38.1 Å². The number of nitrogens with one attached hydrogen (secondary N) is 2. The number of benzene rings is 1. The number of hydrogen-bond acceptors (Lipinski definition) is 5. The van der Waals surface area contributed by atoms with Crippen molar-refractivity contribution < 1.29 is 4.79 Å². The summed E-state index contributed by atoms with van der Waals surface area (Å²) in [6.07, 6.45) is 2.68. The van der Waals surface area contributed by atoms with Gasteiger partial charge in [-0.15, -0.1) is 0 Å². The van der Waals surface area contributed by atoms with Gasteiger partial charge in [-0.2, -0.15) is 5.10 Å². The quantitative estimate of drug-likeness (QED) is 0.761. The molecule has 21 heavy (non-hydrogen) atoms. The second-order valence-corrected chi connectivity index (χ2v) is 5.80. The van der Waals surface area contributed by atoms with Gasteiger partial charge in [0.1, 0.15) is 6.33 Å². The number of rotatable bonds is 6. The highest BCUT2D eigenvalue weighted by molar-refractivity contribution is 7.99. The largest absolute Gasteiger partial charge is 0.324 e. The Morgan fingerprint density at radius 1 is 1.33 bits per heavy atom. The maximum atomic E-state index is 12.2. The lowest BCUT2D eigenvalue weighted by Gasteiger charge is -2.25. The van der Waals surface area contributed by atoms with Crippen molar-refractivity contribution in [1.29, 1.82) is 0 Å². The number of carbonyl (C=O) groups excluding carboxylic acids is 1. The maximum Gasteiger partial charge on any atom is 0.244 e. The van der Waals surface area contributed by atoms with Crippen molar-refractivity contribution >= 4 is 23.4 Å². The predicted octanol–water partition coefficient (Wildman–Crippen LogP) is 2.41. The third-order valence-corrected chi connectivity index (χ3v) is 4.33. The summed E-state index contributed by atoms with van der Waals surface area (Å²) in [6, 6.07) is 7.53. The molecule has 1 aromatic carbocycles. The summed E-state index contributed by atoms with van der Waals surface area (Å²) < 4.78 is 0. The van der Waals surface area contributed by atoms with Gasteiger partial charge >= 0.3 is 0 Å². The molecule has 112 valence electrons. The fourth-order valence-electron chi connectivity index (χ4n) is 1.79. The van der Waals surface area contributed by atoms with Crippen molar-refractivity contribution in [3.8, 4) is 0 Å². The number of aromatic amines is 1. The number of aromatic nitrogens is 3. The molecule has 0 aliphatic rings. The molecule has 0 atom stereocenters. The molecule has 1 aromatic heterocycles. The van der Waals surface area contributed by atoms with Crippen molar-refractivity contribution in [2.75, 3.05) is 5.32 Å². The summed E-state index contributed by atoms with van der Waals surface area (Å²) >= 11 is 1.47. The molecule has 4 N–H and O–H groups in total. The SMILES string of the molecule is CCC(N)(CC)C(=O)Nc1ccc(Sc2ncn[nH]2)cc1. The number of amides is 1. The van der Waals surface area contributed by atoms with Crippen LogP contribution in [0.3, 0.4) is 0 Å². The molecule has 0 bridgehead atoms. The fourth-order valence-corrected chi connectivity index (χ4v) is 2.48. The number of carbonyl (C=O) groups is 1. The van der Waals surface area contributed by atoms with Gasteiger partial charge in [0.15, 0.2) is 5.16 Å². The Morgan fingerprint density at radius 2 is 2.00 bits per heavy atom. The minimum atomic E-state index is -0.812.